The van der Waals surface area contributed by atoms with Crippen molar-refractivity contribution in [3.8, 4) is 22.4 Å². The lowest BCUT2D eigenvalue weighted by Crippen LogP contribution is -2.24. The molecule has 5 rings (SSSR count). The van der Waals surface area contributed by atoms with Crippen LogP contribution >= 0.6 is 0 Å². The predicted octanol–water partition coefficient (Wildman–Crippen LogP) is 3.29. The summed E-state index contributed by atoms with van der Waals surface area (Å²) in [7, 11) is -7.93. The minimum absolute atomic E-state index is 0.0474. The summed E-state index contributed by atoms with van der Waals surface area (Å²) in [5.41, 5.74) is 3.79. The van der Waals surface area contributed by atoms with Crippen LogP contribution in [0.5, 0.6) is 0 Å². The molecule has 0 atom stereocenters. The summed E-state index contributed by atoms with van der Waals surface area (Å²) in [6.45, 7) is 1.96. The maximum absolute atomic E-state index is 13.0. The monoisotopic (exact) mass is 580 g/mol. The van der Waals surface area contributed by atoms with Crippen LogP contribution in [-0.2, 0) is 36.0 Å². The summed E-state index contributed by atoms with van der Waals surface area (Å²) in [6.07, 6.45) is 4.46. The molecule has 0 aliphatic heterocycles. The molecule has 0 fully saturated rings. The van der Waals surface area contributed by atoms with Crippen LogP contribution < -0.4 is 5.32 Å². The Labute approximate surface area is 229 Å². The number of H-pyrrole nitrogens is 2. The van der Waals surface area contributed by atoms with Crippen molar-refractivity contribution < 1.29 is 26.0 Å². The molecule has 12 nitrogen and oxygen atoms in total. The fraction of sp³-hybridized carbons (Fsp3) is 0.154. The Hall–Kier alpha value is -4.56. The number of sulfone groups is 2. The van der Waals surface area contributed by atoms with Crippen LogP contribution in [0, 0.1) is 6.92 Å². The van der Waals surface area contributed by atoms with E-state index in [1.165, 1.54) is 12.4 Å². The standard InChI is InChI=1S/C26H24N6O6S2/c1-17-7-9-19(10-8-17)21-12-28-26(29-21)30-23(33)14-39(34,35)15-24-31-32-25(38-24)16-40(36,37)22-13-27-11-20(22)18-5-3-2-4-6-18/h2-13,27H,14-16H2,1H3,(H2,28,29,30,33). The largest absolute Gasteiger partial charge is 0.423 e. The summed E-state index contributed by atoms with van der Waals surface area (Å²) >= 11 is 0. The molecule has 1 amide bonds. The number of aromatic amines is 2. The van der Waals surface area contributed by atoms with Crippen molar-refractivity contribution in [1.29, 1.82) is 0 Å². The molecule has 0 saturated carbocycles. The van der Waals surface area contributed by atoms with E-state index in [4.69, 9.17) is 4.42 Å². The van der Waals surface area contributed by atoms with Crippen LogP contribution in [0.4, 0.5) is 5.95 Å². The summed E-state index contributed by atoms with van der Waals surface area (Å²) in [4.78, 5) is 22.2. The van der Waals surface area contributed by atoms with Crippen molar-refractivity contribution >= 4 is 31.5 Å². The van der Waals surface area contributed by atoms with Crippen LogP contribution in [0.1, 0.15) is 17.3 Å². The fourth-order valence-corrected chi connectivity index (χ4v) is 6.39. The molecule has 0 saturated heterocycles. The van der Waals surface area contributed by atoms with Crippen molar-refractivity contribution in [3.63, 3.8) is 0 Å². The van der Waals surface area contributed by atoms with Crippen LogP contribution in [0.3, 0.4) is 0 Å². The predicted molar refractivity (Wildman–Crippen MR) is 146 cm³/mol. The SMILES string of the molecule is Cc1ccc(-c2cnc(NC(=O)CS(=O)(=O)Cc3nnc(CS(=O)(=O)c4c[nH]cc4-c4ccccc4)o3)[nH]2)cc1. The molecule has 40 heavy (non-hydrogen) atoms. The molecule has 0 spiro atoms. The van der Waals surface area contributed by atoms with E-state index in [0.29, 0.717) is 16.8 Å². The number of rotatable bonds is 10. The van der Waals surface area contributed by atoms with E-state index in [-0.39, 0.29) is 22.6 Å². The Bertz CT molecular complexity index is 1860. The fourth-order valence-electron chi connectivity index (χ4n) is 3.97. The molecule has 0 bridgehead atoms. The molecule has 14 heteroatoms. The first-order valence-corrected chi connectivity index (χ1v) is 15.4. The van der Waals surface area contributed by atoms with E-state index in [0.717, 1.165) is 11.1 Å². The lowest BCUT2D eigenvalue weighted by atomic mass is 10.1. The zero-order valence-corrected chi connectivity index (χ0v) is 22.8. The maximum atomic E-state index is 13.0. The first-order chi connectivity index (χ1) is 19.1. The van der Waals surface area contributed by atoms with Gasteiger partial charge in [-0.15, -0.1) is 10.2 Å². The van der Waals surface area contributed by atoms with E-state index >= 15 is 0 Å². The molecule has 3 heterocycles. The Balaban J connectivity index is 1.20. The topological polar surface area (TPSA) is 181 Å². The number of imidazole rings is 1. The molecule has 0 radical (unpaired) electrons. The average molecular weight is 581 g/mol. The van der Waals surface area contributed by atoms with Gasteiger partial charge in [0.15, 0.2) is 19.7 Å². The third-order valence-corrected chi connectivity index (χ3v) is 8.86. The van der Waals surface area contributed by atoms with Crippen molar-refractivity contribution in [2.75, 3.05) is 11.1 Å². The second kappa shape index (κ2) is 10.9. The van der Waals surface area contributed by atoms with E-state index in [2.05, 4.69) is 30.5 Å². The van der Waals surface area contributed by atoms with Crippen molar-refractivity contribution in [2.45, 2.75) is 23.3 Å². The van der Waals surface area contributed by atoms with Gasteiger partial charge in [0.2, 0.25) is 23.6 Å². The molecule has 2 aromatic carbocycles. The van der Waals surface area contributed by atoms with Gasteiger partial charge in [0.1, 0.15) is 17.3 Å². The second-order valence-electron chi connectivity index (χ2n) is 9.04. The number of hydrogen-bond acceptors (Lipinski definition) is 9. The van der Waals surface area contributed by atoms with Gasteiger partial charge >= 0.3 is 0 Å². The number of nitrogens with zero attached hydrogens (tertiary/aromatic N) is 3. The molecule has 0 aliphatic rings. The third-order valence-electron chi connectivity index (χ3n) is 5.84. The number of carbonyl (C=O) groups is 1. The highest BCUT2D eigenvalue weighted by Gasteiger charge is 2.26. The molecule has 0 unspecified atom stereocenters. The number of benzene rings is 2. The molecule has 3 aromatic heterocycles. The normalized spacial score (nSPS) is 11.9. The maximum Gasteiger partial charge on any atom is 0.241 e. The van der Waals surface area contributed by atoms with E-state index < -0.39 is 42.8 Å². The van der Waals surface area contributed by atoms with Crippen molar-refractivity contribution in [1.82, 2.24) is 25.1 Å². The van der Waals surface area contributed by atoms with Gasteiger partial charge in [-0.05, 0) is 18.1 Å². The summed E-state index contributed by atoms with van der Waals surface area (Å²) in [6, 6.07) is 16.6. The van der Waals surface area contributed by atoms with Gasteiger partial charge in [0.05, 0.1) is 16.8 Å². The first kappa shape index (κ1) is 27.0. The zero-order chi connectivity index (χ0) is 28.3. The highest BCUT2D eigenvalue weighted by molar-refractivity contribution is 7.91. The lowest BCUT2D eigenvalue weighted by Gasteiger charge is -2.04. The first-order valence-electron chi connectivity index (χ1n) is 12.0. The van der Waals surface area contributed by atoms with E-state index in [1.807, 2.05) is 37.3 Å². The zero-order valence-electron chi connectivity index (χ0n) is 21.2. The second-order valence-corrected chi connectivity index (χ2v) is 13.1. The van der Waals surface area contributed by atoms with E-state index in [1.54, 1.807) is 30.5 Å². The Kier molecular flexibility index (Phi) is 7.36. The van der Waals surface area contributed by atoms with Crippen LogP contribution in [0.15, 0.2) is 82.5 Å². The smallest absolute Gasteiger partial charge is 0.241 e. The molecule has 5 aromatic rings. The molecular formula is C26H24N6O6S2. The third kappa shape index (κ3) is 6.35. The highest BCUT2D eigenvalue weighted by atomic mass is 32.2. The number of carbonyl (C=O) groups excluding carboxylic acids is 1. The van der Waals surface area contributed by atoms with Crippen LogP contribution in [0.2, 0.25) is 0 Å². The molecular weight excluding hydrogens is 556 g/mol. The van der Waals surface area contributed by atoms with Crippen LogP contribution in [-0.4, -0.2) is 53.6 Å². The van der Waals surface area contributed by atoms with E-state index in [9.17, 15) is 21.6 Å². The van der Waals surface area contributed by atoms with Crippen molar-refractivity contribution in [2.24, 2.45) is 0 Å². The Morgan fingerprint density at radius 3 is 2.33 bits per heavy atom. The number of amides is 1. The number of nitrogens with one attached hydrogen (secondary N) is 3. The van der Waals surface area contributed by atoms with Crippen molar-refractivity contribution in [3.05, 3.63) is 90.5 Å². The van der Waals surface area contributed by atoms with Gasteiger partial charge in [0.25, 0.3) is 0 Å². The number of aryl methyl sites for hydroxylation is 1. The Morgan fingerprint density at radius 1 is 0.900 bits per heavy atom. The number of hydrogen-bond donors (Lipinski definition) is 3. The summed E-state index contributed by atoms with van der Waals surface area (Å²) in [5.74, 6) is -3.54. The Morgan fingerprint density at radius 2 is 1.60 bits per heavy atom. The van der Waals surface area contributed by atoms with Gasteiger partial charge in [-0.3, -0.25) is 10.1 Å². The summed E-state index contributed by atoms with van der Waals surface area (Å²) < 4.78 is 56.6. The van der Waals surface area contributed by atoms with Crippen LogP contribution in [0.25, 0.3) is 22.4 Å². The lowest BCUT2D eigenvalue weighted by molar-refractivity contribution is -0.113. The minimum atomic E-state index is -4.02. The number of anilines is 1. The average Bonchev–Trinajstić information content (AvgIpc) is 3.66. The quantitative estimate of drug-likeness (QED) is 0.223. The molecule has 3 N–H and O–H groups in total. The van der Waals surface area contributed by atoms with Gasteiger partial charge in [-0.25, -0.2) is 21.8 Å². The highest BCUT2D eigenvalue weighted by Crippen LogP contribution is 2.29. The van der Waals surface area contributed by atoms with Gasteiger partial charge in [-0.2, -0.15) is 0 Å². The minimum Gasteiger partial charge on any atom is -0.423 e. The van der Waals surface area contributed by atoms with Gasteiger partial charge in [-0.1, -0.05) is 60.2 Å². The molecule has 206 valence electrons. The van der Waals surface area contributed by atoms with Gasteiger partial charge < -0.3 is 14.4 Å². The number of aromatic nitrogens is 5. The summed E-state index contributed by atoms with van der Waals surface area (Å²) in [5, 5.41) is 9.78. The molecule has 0 aliphatic carbocycles. The van der Waals surface area contributed by atoms with Gasteiger partial charge in [0, 0.05) is 18.0 Å².